The van der Waals surface area contributed by atoms with Crippen LogP contribution in [0.4, 0.5) is 0 Å². The van der Waals surface area contributed by atoms with Gasteiger partial charge in [-0.15, -0.1) is 21.8 Å². The molecule has 0 fully saturated rings. The molecule has 0 aromatic carbocycles. The minimum atomic E-state index is 0.366. The topological polar surface area (TPSA) is 43.6 Å². The van der Waals surface area contributed by atoms with Crippen LogP contribution in [-0.4, -0.2) is 20.0 Å². The van der Waals surface area contributed by atoms with Gasteiger partial charge in [-0.2, -0.15) is 5.10 Å². The van der Waals surface area contributed by atoms with Crippen LogP contribution < -0.4 is 0 Å². The molecule has 4 nitrogen and oxygen atoms in total. The molecule has 2 aromatic rings. The van der Waals surface area contributed by atoms with Gasteiger partial charge >= 0.3 is 0 Å². The summed E-state index contributed by atoms with van der Waals surface area (Å²) < 4.78 is 1.69. The Balaban J connectivity index is 2.49. The predicted octanol–water partition coefficient (Wildman–Crippen LogP) is 2.73. The number of nitrogens with zero attached hydrogens (tertiary/aromatic N) is 4. The number of aromatic nitrogens is 4. The van der Waals surface area contributed by atoms with Gasteiger partial charge in [0.1, 0.15) is 5.01 Å². The molecular formula is C8H8Cl2N4S. The monoisotopic (exact) mass is 262 g/mol. The van der Waals surface area contributed by atoms with Gasteiger partial charge in [-0.3, -0.25) is 0 Å². The van der Waals surface area contributed by atoms with E-state index in [2.05, 4.69) is 15.3 Å². The summed E-state index contributed by atoms with van der Waals surface area (Å²) in [5, 5.41) is 14.3. The number of aryl methyl sites for hydroxylation is 1. The van der Waals surface area contributed by atoms with Gasteiger partial charge in [0.2, 0.25) is 5.13 Å². The minimum Gasteiger partial charge on any atom is -0.207 e. The average Bonchev–Trinajstić information content (AvgIpc) is 2.79. The largest absolute Gasteiger partial charge is 0.233 e. The Labute approximate surface area is 101 Å². The minimum absolute atomic E-state index is 0.366. The first-order valence-corrected chi connectivity index (χ1v) is 5.97. The second kappa shape index (κ2) is 4.08. The Bertz CT molecular complexity index is 491. The summed E-state index contributed by atoms with van der Waals surface area (Å²) in [6, 6.07) is 0. The first kappa shape index (κ1) is 10.9. The van der Waals surface area contributed by atoms with E-state index < -0.39 is 0 Å². The highest BCUT2D eigenvalue weighted by molar-refractivity contribution is 7.13. The molecule has 0 amide bonds. The zero-order valence-corrected chi connectivity index (χ0v) is 10.5. The highest BCUT2D eigenvalue weighted by Crippen LogP contribution is 2.24. The summed E-state index contributed by atoms with van der Waals surface area (Å²) >= 11 is 13.1. The van der Waals surface area contributed by atoms with Crippen molar-refractivity contribution in [2.24, 2.45) is 0 Å². The van der Waals surface area contributed by atoms with Crippen molar-refractivity contribution in [3.63, 3.8) is 0 Å². The highest BCUT2D eigenvalue weighted by Gasteiger charge is 2.13. The summed E-state index contributed by atoms with van der Waals surface area (Å²) in [4.78, 5) is 0. The third kappa shape index (κ3) is 1.87. The summed E-state index contributed by atoms with van der Waals surface area (Å²) in [5.74, 6) is 0.366. The van der Waals surface area contributed by atoms with E-state index >= 15 is 0 Å². The van der Waals surface area contributed by atoms with Crippen molar-refractivity contribution in [1.29, 1.82) is 0 Å². The average molecular weight is 263 g/mol. The second-order valence-corrected chi connectivity index (χ2v) is 4.69. The molecule has 0 N–H and O–H groups in total. The lowest BCUT2D eigenvalue weighted by atomic mass is 10.4. The molecule has 0 radical (unpaired) electrons. The third-order valence-electron chi connectivity index (χ3n) is 1.95. The highest BCUT2D eigenvalue weighted by atomic mass is 35.5. The summed E-state index contributed by atoms with van der Waals surface area (Å²) in [6.07, 6.45) is 0. The van der Waals surface area contributed by atoms with Crippen molar-refractivity contribution in [2.45, 2.75) is 19.7 Å². The van der Waals surface area contributed by atoms with Gasteiger partial charge in [-0.05, 0) is 13.8 Å². The van der Waals surface area contributed by atoms with Crippen LogP contribution in [-0.2, 0) is 5.88 Å². The molecule has 15 heavy (non-hydrogen) atoms. The Hall–Kier alpha value is -0.650. The maximum Gasteiger partial charge on any atom is 0.233 e. The van der Waals surface area contributed by atoms with Crippen molar-refractivity contribution in [1.82, 2.24) is 20.0 Å². The summed E-state index contributed by atoms with van der Waals surface area (Å²) in [6.45, 7) is 3.75. The van der Waals surface area contributed by atoms with Crippen molar-refractivity contribution in [2.75, 3.05) is 0 Å². The lowest BCUT2D eigenvalue weighted by Gasteiger charge is -1.95. The summed E-state index contributed by atoms with van der Waals surface area (Å²) in [7, 11) is 0. The number of hydrogen-bond acceptors (Lipinski definition) is 4. The fourth-order valence-electron chi connectivity index (χ4n) is 1.19. The molecule has 80 valence electrons. The van der Waals surface area contributed by atoms with Gasteiger partial charge in [0, 0.05) is 0 Å². The molecular weight excluding hydrogens is 255 g/mol. The smallest absolute Gasteiger partial charge is 0.207 e. The van der Waals surface area contributed by atoms with Crippen LogP contribution in [0.1, 0.15) is 16.4 Å². The maximum absolute atomic E-state index is 6.04. The van der Waals surface area contributed by atoms with Gasteiger partial charge in [-0.1, -0.05) is 22.9 Å². The quantitative estimate of drug-likeness (QED) is 0.782. The number of alkyl halides is 1. The van der Waals surface area contributed by atoms with Crippen molar-refractivity contribution in [3.8, 4) is 5.13 Å². The zero-order valence-electron chi connectivity index (χ0n) is 8.16. The lowest BCUT2D eigenvalue weighted by molar-refractivity contribution is 0.806. The maximum atomic E-state index is 6.04. The molecule has 0 saturated heterocycles. The second-order valence-electron chi connectivity index (χ2n) is 3.01. The fourth-order valence-corrected chi connectivity index (χ4v) is 2.22. The molecule has 2 aromatic heterocycles. The van der Waals surface area contributed by atoms with Gasteiger partial charge in [0.15, 0.2) is 0 Å². The third-order valence-corrected chi connectivity index (χ3v) is 3.81. The normalized spacial score (nSPS) is 10.9. The molecule has 0 unspecified atom stereocenters. The first-order valence-electron chi connectivity index (χ1n) is 4.24. The van der Waals surface area contributed by atoms with Crippen LogP contribution >= 0.6 is 34.5 Å². The van der Waals surface area contributed by atoms with Crippen LogP contribution in [0.3, 0.4) is 0 Å². The Morgan fingerprint density at radius 1 is 1.33 bits per heavy atom. The van der Waals surface area contributed by atoms with Crippen LogP contribution in [0.2, 0.25) is 5.02 Å². The van der Waals surface area contributed by atoms with E-state index in [9.17, 15) is 0 Å². The van der Waals surface area contributed by atoms with Crippen LogP contribution in [0, 0.1) is 13.8 Å². The van der Waals surface area contributed by atoms with Gasteiger partial charge < -0.3 is 0 Å². The van der Waals surface area contributed by atoms with Gasteiger partial charge in [0.05, 0.1) is 22.3 Å². The number of hydrogen-bond donors (Lipinski definition) is 0. The molecule has 0 saturated carbocycles. The van der Waals surface area contributed by atoms with E-state index in [-0.39, 0.29) is 0 Å². The number of rotatable bonds is 2. The molecule has 0 aliphatic rings. The Morgan fingerprint density at radius 2 is 2.07 bits per heavy atom. The van der Waals surface area contributed by atoms with E-state index in [1.165, 1.54) is 11.3 Å². The lowest BCUT2D eigenvalue weighted by Crippen LogP contribution is -1.98. The molecule has 2 heterocycles. The Morgan fingerprint density at radius 3 is 2.53 bits per heavy atom. The Kier molecular flexibility index (Phi) is 2.95. The molecule has 7 heteroatoms. The predicted molar refractivity (Wildman–Crippen MR) is 61.1 cm³/mol. The van der Waals surface area contributed by atoms with E-state index in [1.807, 2.05) is 13.8 Å². The standard InChI is InChI=1S/C8H8Cl2N4S/c1-4-7(10)5(2)14(13-4)8-12-11-6(3-9)15-8/h3H2,1-2H3. The van der Waals surface area contributed by atoms with Crippen molar-refractivity contribution >= 4 is 34.5 Å². The molecule has 0 aliphatic heterocycles. The zero-order chi connectivity index (χ0) is 11.0. The molecule has 0 spiro atoms. The van der Waals surface area contributed by atoms with E-state index in [1.54, 1.807) is 4.68 Å². The first-order chi connectivity index (χ1) is 7.13. The van der Waals surface area contributed by atoms with E-state index in [0.717, 1.165) is 16.4 Å². The van der Waals surface area contributed by atoms with Crippen molar-refractivity contribution in [3.05, 3.63) is 21.4 Å². The van der Waals surface area contributed by atoms with Crippen LogP contribution in [0.25, 0.3) is 5.13 Å². The molecule has 0 bridgehead atoms. The fraction of sp³-hybridized carbons (Fsp3) is 0.375. The molecule has 0 aliphatic carbocycles. The van der Waals surface area contributed by atoms with Gasteiger partial charge in [0.25, 0.3) is 0 Å². The van der Waals surface area contributed by atoms with Crippen molar-refractivity contribution < 1.29 is 0 Å². The molecule has 0 atom stereocenters. The SMILES string of the molecule is Cc1nn(-c2nnc(CCl)s2)c(C)c1Cl. The van der Waals surface area contributed by atoms with Gasteiger partial charge in [-0.25, -0.2) is 4.68 Å². The summed E-state index contributed by atoms with van der Waals surface area (Å²) in [5.41, 5.74) is 1.66. The number of halogens is 2. The van der Waals surface area contributed by atoms with Crippen LogP contribution in [0.15, 0.2) is 0 Å². The molecule has 2 rings (SSSR count). The van der Waals surface area contributed by atoms with E-state index in [0.29, 0.717) is 16.0 Å². The van der Waals surface area contributed by atoms with Crippen LogP contribution in [0.5, 0.6) is 0 Å². The van der Waals surface area contributed by atoms with E-state index in [4.69, 9.17) is 23.2 Å².